The monoisotopic (exact) mass is 350 g/mol. The van der Waals surface area contributed by atoms with Crippen LogP contribution in [0.5, 0.6) is 0 Å². The molecule has 1 saturated heterocycles. The summed E-state index contributed by atoms with van der Waals surface area (Å²) in [5, 5.41) is 6.94. The molecule has 0 amide bonds. The minimum Gasteiger partial charge on any atom is -0.368 e. The Balaban J connectivity index is 1.79. The quantitative estimate of drug-likeness (QED) is 0.640. The van der Waals surface area contributed by atoms with Gasteiger partial charge in [0, 0.05) is 38.4 Å². The highest BCUT2D eigenvalue weighted by atomic mass is 15.0. The second kappa shape index (κ2) is 9.20. The smallest absolute Gasteiger partial charge is 0.149 e. The summed E-state index contributed by atoms with van der Waals surface area (Å²) in [6.07, 6.45) is 11.6. The molecule has 1 aliphatic rings. The summed E-state index contributed by atoms with van der Waals surface area (Å²) in [4.78, 5) is 17.6. The van der Waals surface area contributed by atoms with Crippen LogP contribution in [0, 0.1) is 5.92 Å². The van der Waals surface area contributed by atoms with Crippen LogP contribution in [0.1, 0.15) is 36.7 Å². The van der Waals surface area contributed by atoms with Crippen molar-refractivity contribution in [2.75, 3.05) is 26.7 Å². The van der Waals surface area contributed by atoms with Gasteiger partial charge in [-0.15, -0.1) is 0 Å². The van der Waals surface area contributed by atoms with Gasteiger partial charge in [0.1, 0.15) is 11.5 Å². The van der Waals surface area contributed by atoms with Crippen molar-refractivity contribution in [3.05, 3.63) is 53.9 Å². The first kappa shape index (κ1) is 18.2. The van der Waals surface area contributed by atoms with Crippen LogP contribution in [0.25, 0.3) is 11.6 Å². The first-order chi connectivity index (χ1) is 12.8. The molecule has 0 aromatic carbocycles. The van der Waals surface area contributed by atoms with Gasteiger partial charge in [0.2, 0.25) is 0 Å². The summed E-state index contributed by atoms with van der Waals surface area (Å²) in [5.74, 6) is 1.41. The Bertz CT molecular complexity index is 763. The van der Waals surface area contributed by atoms with Gasteiger partial charge in [-0.2, -0.15) is 0 Å². The van der Waals surface area contributed by atoms with Crippen LogP contribution in [-0.4, -0.2) is 47.5 Å². The third-order valence-corrected chi connectivity index (χ3v) is 4.57. The summed E-state index contributed by atoms with van der Waals surface area (Å²) in [5.41, 5.74) is 3.77. The molecule has 0 bridgehead atoms. The van der Waals surface area contributed by atoms with Gasteiger partial charge in [-0.3, -0.25) is 15.0 Å². The first-order valence-electron chi connectivity index (χ1n) is 9.09. The van der Waals surface area contributed by atoms with E-state index >= 15 is 0 Å². The predicted octanol–water partition coefficient (Wildman–Crippen LogP) is 2.40. The molecule has 2 aromatic rings. The highest BCUT2D eigenvalue weighted by Gasteiger charge is 2.17. The zero-order valence-corrected chi connectivity index (χ0v) is 15.4. The van der Waals surface area contributed by atoms with Crippen molar-refractivity contribution in [1.82, 2.24) is 25.6 Å². The van der Waals surface area contributed by atoms with Crippen molar-refractivity contribution in [2.45, 2.75) is 19.8 Å². The second-order valence-electron chi connectivity index (χ2n) is 6.53. The Labute approximate surface area is 154 Å². The Morgan fingerprint density at radius 2 is 2.00 bits per heavy atom. The second-order valence-corrected chi connectivity index (χ2v) is 6.53. The molecular formula is C20H26N6. The molecule has 136 valence electrons. The normalized spacial score (nSPS) is 18.6. The third-order valence-electron chi connectivity index (χ3n) is 4.57. The number of aliphatic imine (C=N–C) groups is 1. The maximum absolute atomic E-state index is 4.56. The van der Waals surface area contributed by atoms with Crippen molar-refractivity contribution >= 4 is 17.5 Å². The van der Waals surface area contributed by atoms with Gasteiger partial charge in [-0.25, -0.2) is 4.98 Å². The van der Waals surface area contributed by atoms with E-state index in [1.807, 2.05) is 19.1 Å². The number of piperidine rings is 1. The standard InChI is InChI=1S/C20H26N6/c1-15(12-16-5-8-22-9-6-16)18-19(25-11-10-24-18)20(21-2)26-14-17-4-3-7-23-13-17/h5-6,8-12,17,23H,3-4,7,13-14H2,1-2H3,(H,21,26)/b15-12-. The number of nitrogens with one attached hydrogen (secondary N) is 2. The molecule has 1 unspecified atom stereocenters. The molecule has 2 aromatic heterocycles. The van der Waals surface area contributed by atoms with Crippen molar-refractivity contribution in [1.29, 1.82) is 0 Å². The Hall–Kier alpha value is -2.60. The average Bonchev–Trinajstić information content (AvgIpc) is 2.70. The Morgan fingerprint density at radius 1 is 1.23 bits per heavy atom. The lowest BCUT2D eigenvalue weighted by Gasteiger charge is -2.23. The lowest BCUT2D eigenvalue weighted by Crippen LogP contribution is -2.38. The van der Waals surface area contributed by atoms with Gasteiger partial charge < -0.3 is 10.6 Å². The van der Waals surface area contributed by atoms with Gasteiger partial charge in [0.15, 0.2) is 0 Å². The molecule has 0 spiro atoms. The van der Waals surface area contributed by atoms with Crippen LogP contribution in [0.2, 0.25) is 0 Å². The number of aromatic nitrogens is 3. The maximum Gasteiger partial charge on any atom is 0.149 e. The number of pyridine rings is 1. The van der Waals surface area contributed by atoms with Gasteiger partial charge in [0.25, 0.3) is 0 Å². The molecule has 0 aliphatic carbocycles. The van der Waals surface area contributed by atoms with Crippen LogP contribution >= 0.6 is 0 Å². The third kappa shape index (κ3) is 4.73. The maximum atomic E-state index is 4.56. The van der Waals surface area contributed by atoms with Crippen LogP contribution in [0.15, 0.2) is 41.9 Å². The zero-order valence-electron chi connectivity index (χ0n) is 15.4. The largest absolute Gasteiger partial charge is 0.368 e. The molecule has 2 N–H and O–H groups in total. The van der Waals surface area contributed by atoms with E-state index in [9.17, 15) is 0 Å². The zero-order chi connectivity index (χ0) is 18.2. The van der Waals surface area contributed by atoms with Crippen molar-refractivity contribution in [3.63, 3.8) is 0 Å². The molecule has 3 rings (SSSR count). The Morgan fingerprint density at radius 3 is 2.69 bits per heavy atom. The molecular weight excluding hydrogens is 324 g/mol. The molecule has 6 heteroatoms. The molecule has 0 saturated carbocycles. The fourth-order valence-electron chi connectivity index (χ4n) is 3.19. The van der Waals surface area contributed by atoms with Gasteiger partial charge in [-0.1, -0.05) is 0 Å². The molecule has 1 aliphatic heterocycles. The van der Waals surface area contributed by atoms with Crippen molar-refractivity contribution < 1.29 is 0 Å². The van der Waals surface area contributed by atoms with E-state index in [2.05, 4.69) is 36.7 Å². The average molecular weight is 350 g/mol. The highest BCUT2D eigenvalue weighted by Crippen LogP contribution is 2.18. The molecule has 1 fully saturated rings. The molecule has 3 heterocycles. The summed E-state index contributed by atoms with van der Waals surface area (Å²) < 4.78 is 0. The lowest BCUT2D eigenvalue weighted by molar-refractivity contribution is 0.375. The number of amidine groups is 1. The number of nitrogens with zero attached hydrogens (tertiary/aromatic N) is 4. The molecule has 6 nitrogen and oxygen atoms in total. The Kier molecular flexibility index (Phi) is 6.44. The van der Waals surface area contributed by atoms with E-state index in [-0.39, 0.29) is 0 Å². The van der Waals surface area contributed by atoms with E-state index in [1.165, 1.54) is 12.8 Å². The first-order valence-corrected chi connectivity index (χ1v) is 9.09. The van der Waals surface area contributed by atoms with E-state index in [0.717, 1.165) is 48.0 Å². The van der Waals surface area contributed by atoms with E-state index in [0.29, 0.717) is 5.92 Å². The summed E-state index contributed by atoms with van der Waals surface area (Å²) in [6, 6.07) is 3.95. The van der Waals surface area contributed by atoms with E-state index < -0.39 is 0 Å². The van der Waals surface area contributed by atoms with Gasteiger partial charge >= 0.3 is 0 Å². The van der Waals surface area contributed by atoms with Crippen LogP contribution < -0.4 is 10.6 Å². The number of hydrogen-bond donors (Lipinski definition) is 2. The topological polar surface area (TPSA) is 75.1 Å². The number of allylic oxidation sites excluding steroid dienone is 1. The SMILES string of the molecule is C/N=C(/NCC1CCCNC1)c1nccnc1/C(C)=C\c1ccncc1. The van der Waals surface area contributed by atoms with E-state index in [4.69, 9.17) is 0 Å². The summed E-state index contributed by atoms with van der Waals surface area (Å²) in [7, 11) is 1.79. The fourth-order valence-corrected chi connectivity index (χ4v) is 3.19. The van der Waals surface area contributed by atoms with Crippen LogP contribution in [-0.2, 0) is 0 Å². The number of hydrogen-bond acceptors (Lipinski definition) is 5. The van der Waals surface area contributed by atoms with Crippen LogP contribution in [0.4, 0.5) is 0 Å². The minimum atomic E-state index is 0.620. The van der Waals surface area contributed by atoms with Crippen molar-refractivity contribution in [2.24, 2.45) is 10.9 Å². The fraction of sp³-hybridized carbons (Fsp3) is 0.400. The molecule has 1 atom stereocenters. The van der Waals surface area contributed by atoms with E-state index in [1.54, 1.807) is 31.8 Å². The molecule has 0 radical (unpaired) electrons. The van der Waals surface area contributed by atoms with Crippen LogP contribution in [0.3, 0.4) is 0 Å². The highest BCUT2D eigenvalue weighted by molar-refractivity contribution is 6.01. The summed E-state index contributed by atoms with van der Waals surface area (Å²) >= 11 is 0. The van der Waals surface area contributed by atoms with Gasteiger partial charge in [-0.05, 0) is 68.1 Å². The predicted molar refractivity (Wildman–Crippen MR) is 106 cm³/mol. The summed E-state index contributed by atoms with van der Waals surface area (Å²) in [6.45, 7) is 5.12. The lowest BCUT2D eigenvalue weighted by atomic mass is 9.99. The van der Waals surface area contributed by atoms with Gasteiger partial charge in [0.05, 0.1) is 5.69 Å². The minimum absolute atomic E-state index is 0.620. The van der Waals surface area contributed by atoms with Crippen molar-refractivity contribution in [3.8, 4) is 0 Å². The molecule has 26 heavy (non-hydrogen) atoms. The number of rotatable bonds is 5.